The number of carbonyl (C=O) groups is 1. The zero-order valence-electron chi connectivity index (χ0n) is 11.0. The minimum Gasteiger partial charge on any atom is -0.394 e. The summed E-state index contributed by atoms with van der Waals surface area (Å²) in [5.41, 5.74) is -0.585. The van der Waals surface area contributed by atoms with Gasteiger partial charge in [0.25, 0.3) is 0 Å². The van der Waals surface area contributed by atoms with Gasteiger partial charge in [-0.1, -0.05) is 29.8 Å². The first-order chi connectivity index (χ1) is 8.96. The minimum atomic E-state index is -0.674. The highest BCUT2D eigenvalue weighted by Crippen LogP contribution is 2.20. The molecule has 2 amide bonds. The molecule has 0 aromatic heterocycles. The lowest BCUT2D eigenvalue weighted by atomic mass is 9.94. The molecule has 106 valence electrons. The molecule has 19 heavy (non-hydrogen) atoms. The van der Waals surface area contributed by atoms with Gasteiger partial charge in [-0.25, -0.2) is 9.18 Å². The van der Waals surface area contributed by atoms with Crippen LogP contribution in [-0.2, 0) is 0 Å². The Kier molecular flexibility index (Phi) is 5.75. The van der Waals surface area contributed by atoms with Gasteiger partial charge in [-0.2, -0.15) is 0 Å². The fourth-order valence-electron chi connectivity index (χ4n) is 1.68. The summed E-state index contributed by atoms with van der Waals surface area (Å²) in [6, 6.07) is 3.76. The molecule has 0 aliphatic carbocycles. The van der Waals surface area contributed by atoms with Gasteiger partial charge >= 0.3 is 6.03 Å². The number of urea groups is 1. The molecule has 0 aliphatic rings. The molecule has 0 bridgehead atoms. The summed E-state index contributed by atoms with van der Waals surface area (Å²) in [6.07, 6.45) is 1.18. The highest BCUT2D eigenvalue weighted by molar-refractivity contribution is 9.10. The fraction of sp³-hybridized carbons (Fsp3) is 0.462. The predicted octanol–water partition coefficient (Wildman–Crippen LogP) is 3.26. The lowest BCUT2D eigenvalue weighted by Crippen LogP contribution is -2.52. The number of benzene rings is 1. The molecule has 0 saturated carbocycles. The number of aliphatic hydroxyl groups excluding tert-OH is 1. The molecule has 0 saturated heterocycles. The Morgan fingerprint density at radius 2 is 2.05 bits per heavy atom. The number of anilines is 1. The lowest BCUT2D eigenvalue weighted by molar-refractivity contribution is 0.155. The third-order valence-electron chi connectivity index (χ3n) is 3.21. The zero-order valence-corrected chi connectivity index (χ0v) is 12.6. The Hall–Kier alpha value is -1.14. The van der Waals surface area contributed by atoms with Gasteiger partial charge in [0, 0.05) is 4.47 Å². The second-order valence-corrected chi connectivity index (χ2v) is 5.26. The first kappa shape index (κ1) is 15.9. The van der Waals surface area contributed by atoms with Crippen molar-refractivity contribution in [3.8, 4) is 0 Å². The Labute approximate surface area is 120 Å². The maximum atomic E-state index is 13.5. The van der Waals surface area contributed by atoms with Crippen molar-refractivity contribution in [3.63, 3.8) is 0 Å². The largest absolute Gasteiger partial charge is 0.394 e. The molecule has 6 heteroatoms. The van der Waals surface area contributed by atoms with Crippen LogP contribution in [0.4, 0.5) is 14.9 Å². The van der Waals surface area contributed by atoms with E-state index in [-0.39, 0.29) is 12.3 Å². The summed E-state index contributed by atoms with van der Waals surface area (Å²) in [6.45, 7) is 3.59. The number of nitrogens with one attached hydrogen (secondary N) is 2. The number of hydrogen-bond acceptors (Lipinski definition) is 2. The highest BCUT2D eigenvalue weighted by Gasteiger charge is 2.27. The van der Waals surface area contributed by atoms with E-state index in [0.717, 1.165) is 0 Å². The number of halogens is 2. The third kappa shape index (κ3) is 4.18. The second-order valence-electron chi connectivity index (χ2n) is 4.35. The molecule has 0 aliphatic heterocycles. The molecule has 3 N–H and O–H groups in total. The van der Waals surface area contributed by atoms with Gasteiger partial charge in [-0.15, -0.1) is 0 Å². The van der Waals surface area contributed by atoms with Crippen LogP contribution in [0, 0.1) is 5.82 Å². The van der Waals surface area contributed by atoms with Crippen LogP contribution in [0.5, 0.6) is 0 Å². The SMILES string of the molecule is CCC(CC)(CO)NC(=O)Nc1cc(Br)ccc1F. The molecule has 0 unspecified atom stereocenters. The number of amides is 2. The summed E-state index contributed by atoms with van der Waals surface area (Å²) in [5.74, 6) is -0.513. The van der Waals surface area contributed by atoms with Crippen molar-refractivity contribution in [1.82, 2.24) is 5.32 Å². The highest BCUT2D eigenvalue weighted by atomic mass is 79.9. The molecule has 1 aromatic rings. The van der Waals surface area contributed by atoms with E-state index < -0.39 is 17.4 Å². The van der Waals surface area contributed by atoms with Crippen molar-refractivity contribution in [2.45, 2.75) is 32.2 Å². The van der Waals surface area contributed by atoms with E-state index in [1.807, 2.05) is 13.8 Å². The van der Waals surface area contributed by atoms with Gasteiger partial charge in [0.05, 0.1) is 17.8 Å². The van der Waals surface area contributed by atoms with Crippen molar-refractivity contribution in [2.75, 3.05) is 11.9 Å². The summed E-state index contributed by atoms with van der Waals surface area (Å²) >= 11 is 3.21. The van der Waals surface area contributed by atoms with Gasteiger partial charge < -0.3 is 15.7 Å². The molecule has 0 fully saturated rings. The standard InChI is InChI=1S/C13H18BrFN2O2/c1-3-13(4-2,8-18)17-12(19)16-11-7-9(14)5-6-10(11)15/h5-7,18H,3-4,8H2,1-2H3,(H2,16,17,19). The number of hydrogen-bond donors (Lipinski definition) is 3. The minimum absolute atomic E-state index is 0.0888. The topological polar surface area (TPSA) is 61.4 Å². The molecule has 4 nitrogen and oxygen atoms in total. The van der Waals surface area contributed by atoms with E-state index in [1.54, 1.807) is 6.07 Å². The van der Waals surface area contributed by atoms with E-state index in [4.69, 9.17) is 0 Å². The average molecular weight is 333 g/mol. The predicted molar refractivity (Wildman–Crippen MR) is 76.7 cm³/mol. The first-order valence-electron chi connectivity index (χ1n) is 6.11. The Balaban J connectivity index is 2.77. The maximum Gasteiger partial charge on any atom is 0.319 e. The van der Waals surface area contributed by atoms with Crippen molar-refractivity contribution in [3.05, 3.63) is 28.5 Å². The lowest BCUT2D eigenvalue weighted by Gasteiger charge is -2.30. The molecular formula is C13H18BrFN2O2. The van der Waals surface area contributed by atoms with Gasteiger partial charge in [0.2, 0.25) is 0 Å². The molecule has 0 radical (unpaired) electrons. The average Bonchev–Trinajstić information content (AvgIpc) is 2.40. The van der Waals surface area contributed by atoms with Gasteiger partial charge in [0.15, 0.2) is 0 Å². The molecular weight excluding hydrogens is 315 g/mol. The number of aliphatic hydroxyl groups is 1. The van der Waals surface area contributed by atoms with Gasteiger partial charge in [0.1, 0.15) is 5.82 Å². The van der Waals surface area contributed by atoms with E-state index in [2.05, 4.69) is 26.6 Å². The molecule has 1 aromatic carbocycles. The quantitative estimate of drug-likeness (QED) is 0.775. The van der Waals surface area contributed by atoms with Gasteiger partial charge in [-0.3, -0.25) is 0 Å². The van der Waals surface area contributed by atoms with Crippen LogP contribution in [0.1, 0.15) is 26.7 Å². The van der Waals surface area contributed by atoms with Crippen molar-refractivity contribution in [1.29, 1.82) is 0 Å². The molecule has 1 rings (SSSR count). The Morgan fingerprint density at radius 1 is 1.42 bits per heavy atom. The summed E-state index contributed by atoms with van der Waals surface area (Å²) in [4.78, 5) is 11.9. The maximum absolute atomic E-state index is 13.5. The van der Waals surface area contributed by atoms with Crippen LogP contribution in [0.3, 0.4) is 0 Å². The van der Waals surface area contributed by atoms with Crippen LogP contribution in [0.15, 0.2) is 22.7 Å². The summed E-state index contributed by atoms with van der Waals surface area (Å²) in [5, 5.41) is 14.5. The van der Waals surface area contributed by atoms with Crippen molar-refractivity contribution in [2.24, 2.45) is 0 Å². The molecule has 0 spiro atoms. The van der Waals surface area contributed by atoms with Crippen LogP contribution in [-0.4, -0.2) is 23.3 Å². The molecule has 0 heterocycles. The van der Waals surface area contributed by atoms with Crippen molar-refractivity contribution < 1.29 is 14.3 Å². The zero-order chi connectivity index (χ0) is 14.5. The van der Waals surface area contributed by atoms with Crippen molar-refractivity contribution >= 4 is 27.6 Å². The van der Waals surface area contributed by atoms with Crippen LogP contribution >= 0.6 is 15.9 Å². The Bertz CT molecular complexity index is 442. The Morgan fingerprint density at radius 3 is 2.58 bits per heavy atom. The van der Waals surface area contributed by atoms with E-state index >= 15 is 0 Å². The third-order valence-corrected chi connectivity index (χ3v) is 3.70. The first-order valence-corrected chi connectivity index (χ1v) is 6.90. The van der Waals surface area contributed by atoms with E-state index in [9.17, 15) is 14.3 Å². The van der Waals surface area contributed by atoms with Crippen LogP contribution in [0.25, 0.3) is 0 Å². The molecule has 0 atom stereocenters. The number of carbonyl (C=O) groups excluding carboxylic acids is 1. The summed E-state index contributed by atoms with van der Waals surface area (Å²) < 4.78 is 14.2. The van der Waals surface area contributed by atoms with E-state index in [1.165, 1.54) is 12.1 Å². The summed E-state index contributed by atoms with van der Waals surface area (Å²) in [7, 11) is 0. The van der Waals surface area contributed by atoms with E-state index in [0.29, 0.717) is 17.3 Å². The van der Waals surface area contributed by atoms with Gasteiger partial charge in [-0.05, 0) is 31.0 Å². The van der Waals surface area contributed by atoms with Crippen LogP contribution < -0.4 is 10.6 Å². The second kappa shape index (κ2) is 6.86. The monoisotopic (exact) mass is 332 g/mol. The fourth-order valence-corrected chi connectivity index (χ4v) is 2.04. The number of rotatable bonds is 5. The smallest absolute Gasteiger partial charge is 0.319 e. The van der Waals surface area contributed by atoms with Crippen LogP contribution in [0.2, 0.25) is 0 Å². The normalized spacial score (nSPS) is 11.2.